The average molecular weight is 400 g/mol. The molecule has 3 aromatic heterocycles. The maximum absolute atomic E-state index is 12.6. The largest absolute Gasteiger partial charge is 0.471 e. The summed E-state index contributed by atoms with van der Waals surface area (Å²) in [6.07, 6.45) is -1.49. The number of benzene rings is 1. The molecule has 0 unspecified atom stereocenters. The number of alkyl halides is 3. The molecular formula is C18H11F3N6O2. The van der Waals surface area contributed by atoms with Gasteiger partial charge in [-0.2, -0.15) is 23.3 Å². The first-order chi connectivity index (χ1) is 13.9. The normalized spacial score (nSPS) is 11.4. The third-order valence-corrected chi connectivity index (χ3v) is 3.86. The highest BCUT2D eigenvalue weighted by Gasteiger charge is 2.38. The van der Waals surface area contributed by atoms with Gasteiger partial charge in [0, 0.05) is 35.2 Å². The Morgan fingerprint density at radius 2 is 1.86 bits per heavy atom. The van der Waals surface area contributed by atoms with Crippen LogP contribution in [0.3, 0.4) is 0 Å². The van der Waals surface area contributed by atoms with Crippen LogP contribution in [0.5, 0.6) is 0 Å². The number of hydrogen-bond donors (Lipinski definition) is 2. The molecule has 2 N–H and O–H groups in total. The number of hydrogen-bond acceptors (Lipinski definition) is 6. The molecule has 8 nitrogen and oxygen atoms in total. The Morgan fingerprint density at radius 3 is 2.59 bits per heavy atom. The molecule has 0 bridgehead atoms. The number of carbonyl (C=O) groups excluding carboxylic acids is 1. The van der Waals surface area contributed by atoms with E-state index < -0.39 is 18.0 Å². The zero-order valence-corrected chi connectivity index (χ0v) is 14.4. The van der Waals surface area contributed by atoms with E-state index in [0.29, 0.717) is 5.69 Å². The first-order valence-electron chi connectivity index (χ1n) is 8.18. The summed E-state index contributed by atoms with van der Waals surface area (Å²) >= 11 is 0. The van der Waals surface area contributed by atoms with Gasteiger partial charge in [-0.25, -0.2) is 0 Å². The number of H-pyrrole nitrogens is 1. The zero-order chi connectivity index (χ0) is 20.4. The minimum atomic E-state index is -4.74. The molecule has 0 radical (unpaired) electrons. The Balaban J connectivity index is 1.52. The fraction of sp³-hybridized carbons (Fsp3) is 0.0556. The quantitative estimate of drug-likeness (QED) is 0.539. The van der Waals surface area contributed by atoms with E-state index >= 15 is 0 Å². The number of anilines is 1. The van der Waals surface area contributed by atoms with E-state index in [4.69, 9.17) is 0 Å². The molecule has 1 aromatic carbocycles. The molecule has 11 heteroatoms. The first kappa shape index (κ1) is 18.3. The van der Waals surface area contributed by atoms with Crippen molar-refractivity contribution >= 4 is 11.7 Å². The predicted octanol–water partition coefficient (Wildman–Crippen LogP) is 3.79. The molecule has 146 valence electrons. The van der Waals surface area contributed by atoms with E-state index in [0.717, 1.165) is 5.56 Å². The molecule has 0 saturated carbocycles. The van der Waals surface area contributed by atoms with Crippen molar-refractivity contribution < 1.29 is 22.5 Å². The molecule has 0 aliphatic heterocycles. The van der Waals surface area contributed by atoms with Gasteiger partial charge >= 0.3 is 12.1 Å². The number of nitrogens with one attached hydrogen (secondary N) is 2. The number of pyridine rings is 1. The summed E-state index contributed by atoms with van der Waals surface area (Å²) < 4.78 is 42.1. The summed E-state index contributed by atoms with van der Waals surface area (Å²) in [5.41, 5.74) is 1.92. The molecule has 0 saturated heterocycles. The fourth-order valence-corrected chi connectivity index (χ4v) is 2.51. The number of aromatic nitrogens is 5. The molecule has 4 aromatic rings. The van der Waals surface area contributed by atoms with Gasteiger partial charge in [0.1, 0.15) is 0 Å². The highest BCUT2D eigenvalue weighted by atomic mass is 19.4. The molecule has 0 spiro atoms. The molecule has 0 atom stereocenters. The molecule has 29 heavy (non-hydrogen) atoms. The first-order valence-corrected chi connectivity index (χ1v) is 8.18. The van der Waals surface area contributed by atoms with Gasteiger partial charge in [-0.1, -0.05) is 17.3 Å². The van der Waals surface area contributed by atoms with Crippen molar-refractivity contribution in [3.63, 3.8) is 0 Å². The van der Waals surface area contributed by atoms with Gasteiger partial charge in [0.25, 0.3) is 5.91 Å². The highest BCUT2D eigenvalue weighted by molar-refractivity contribution is 6.04. The number of nitrogens with zero attached hydrogens (tertiary/aromatic N) is 4. The van der Waals surface area contributed by atoms with Crippen LogP contribution in [0.15, 0.2) is 59.4 Å². The Hall–Kier alpha value is -4.02. The van der Waals surface area contributed by atoms with Crippen molar-refractivity contribution in [3.05, 3.63) is 66.3 Å². The molecule has 4 rings (SSSR count). The number of rotatable bonds is 4. The monoisotopic (exact) mass is 400 g/mol. The van der Waals surface area contributed by atoms with Crippen molar-refractivity contribution in [2.75, 3.05) is 5.32 Å². The Labute approximate surface area is 160 Å². The van der Waals surface area contributed by atoms with Gasteiger partial charge in [-0.15, -0.1) is 0 Å². The highest BCUT2D eigenvalue weighted by Crippen LogP contribution is 2.29. The van der Waals surface area contributed by atoms with Gasteiger partial charge in [0.2, 0.25) is 5.82 Å². The van der Waals surface area contributed by atoms with Gasteiger partial charge < -0.3 is 9.84 Å². The fourth-order valence-electron chi connectivity index (χ4n) is 2.51. The maximum Gasteiger partial charge on any atom is 0.471 e. The van der Waals surface area contributed by atoms with Crippen molar-refractivity contribution in [1.82, 2.24) is 25.3 Å². The Kier molecular flexibility index (Phi) is 4.55. The van der Waals surface area contributed by atoms with Crippen molar-refractivity contribution in [2.45, 2.75) is 6.18 Å². The van der Waals surface area contributed by atoms with E-state index in [1.807, 2.05) is 0 Å². The number of aromatic amines is 1. The third kappa shape index (κ3) is 3.98. The van der Waals surface area contributed by atoms with Crippen molar-refractivity contribution in [1.29, 1.82) is 0 Å². The standard InChI is InChI=1S/C18H11F3N6O2/c19-18(20,21)17-24-15(27-29-17)11-2-1-3-12(8-11)16(28)23-14-9-13(25-26-14)10-4-6-22-7-5-10/h1-9H,(H2,23,25,26,28). The maximum atomic E-state index is 12.6. The summed E-state index contributed by atoms with van der Waals surface area (Å²) in [4.78, 5) is 19.7. The molecule has 3 heterocycles. The van der Waals surface area contributed by atoms with E-state index in [2.05, 4.69) is 35.2 Å². The van der Waals surface area contributed by atoms with Crippen LogP contribution in [0, 0.1) is 0 Å². The van der Waals surface area contributed by atoms with Gasteiger partial charge in [-0.05, 0) is 24.3 Å². The number of halogens is 3. The summed E-state index contributed by atoms with van der Waals surface area (Å²) in [5.74, 6) is -1.94. The third-order valence-electron chi connectivity index (χ3n) is 3.86. The van der Waals surface area contributed by atoms with Crippen LogP contribution < -0.4 is 5.32 Å². The molecule has 0 aliphatic rings. The molecule has 1 amide bonds. The van der Waals surface area contributed by atoms with Crippen LogP contribution in [0.1, 0.15) is 16.2 Å². The molecule has 0 aliphatic carbocycles. The number of amides is 1. The van der Waals surface area contributed by atoms with Gasteiger partial charge in [0.05, 0.1) is 5.69 Å². The Morgan fingerprint density at radius 1 is 1.07 bits per heavy atom. The molecule has 0 fully saturated rings. The molecular weight excluding hydrogens is 389 g/mol. The van der Waals surface area contributed by atoms with Gasteiger partial charge in [0.15, 0.2) is 5.82 Å². The van der Waals surface area contributed by atoms with Crippen LogP contribution in [0.25, 0.3) is 22.6 Å². The van der Waals surface area contributed by atoms with Crippen LogP contribution >= 0.6 is 0 Å². The van der Waals surface area contributed by atoms with E-state index in [1.54, 1.807) is 30.6 Å². The summed E-state index contributed by atoms with van der Waals surface area (Å²) in [7, 11) is 0. The van der Waals surface area contributed by atoms with Crippen LogP contribution in [0.2, 0.25) is 0 Å². The van der Waals surface area contributed by atoms with E-state index in [9.17, 15) is 18.0 Å². The SMILES string of the molecule is O=C(Nc1cc(-c2ccncc2)[nH]n1)c1cccc(-c2noc(C(F)(F)F)n2)c1. The second-order valence-electron chi connectivity index (χ2n) is 5.86. The lowest BCUT2D eigenvalue weighted by atomic mass is 10.1. The number of carbonyl (C=O) groups is 1. The smallest absolute Gasteiger partial charge is 0.329 e. The van der Waals surface area contributed by atoms with E-state index in [1.165, 1.54) is 24.3 Å². The second kappa shape index (κ2) is 7.19. The van der Waals surface area contributed by atoms with Crippen molar-refractivity contribution in [2.24, 2.45) is 0 Å². The van der Waals surface area contributed by atoms with E-state index in [-0.39, 0.29) is 22.8 Å². The minimum absolute atomic E-state index is 0.189. The lowest BCUT2D eigenvalue weighted by molar-refractivity contribution is -0.159. The summed E-state index contributed by atoms with van der Waals surface area (Å²) in [5, 5.41) is 12.8. The van der Waals surface area contributed by atoms with Gasteiger partial charge in [-0.3, -0.25) is 14.9 Å². The zero-order valence-electron chi connectivity index (χ0n) is 14.4. The van der Waals surface area contributed by atoms with Crippen LogP contribution in [-0.4, -0.2) is 31.2 Å². The summed E-state index contributed by atoms with van der Waals surface area (Å²) in [6, 6.07) is 11.0. The lowest BCUT2D eigenvalue weighted by Gasteiger charge is -2.03. The topological polar surface area (TPSA) is 110 Å². The average Bonchev–Trinajstić information content (AvgIpc) is 3.38. The summed E-state index contributed by atoms with van der Waals surface area (Å²) in [6.45, 7) is 0. The van der Waals surface area contributed by atoms with Crippen LogP contribution in [0.4, 0.5) is 19.0 Å². The predicted molar refractivity (Wildman–Crippen MR) is 94.5 cm³/mol. The van der Waals surface area contributed by atoms with Crippen LogP contribution in [-0.2, 0) is 6.18 Å². The second-order valence-corrected chi connectivity index (χ2v) is 5.86. The minimum Gasteiger partial charge on any atom is -0.329 e. The lowest BCUT2D eigenvalue weighted by Crippen LogP contribution is -2.12. The Bertz CT molecular complexity index is 1150. The van der Waals surface area contributed by atoms with Crippen molar-refractivity contribution in [3.8, 4) is 22.6 Å².